The largest absolute Gasteiger partial charge is 0.497 e. The number of rotatable bonds is 6. The number of aryl methyl sites for hydroxylation is 1. The third kappa shape index (κ3) is 4.79. The molecule has 2 aromatic rings. The molecule has 1 N–H and O–H groups in total. The molecule has 24 heavy (non-hydrogen) atoms. The molecule has 0 saturated heterocycles. The van der Waals surface area contributed by atoms with E-state index in [0.29, 0.717) is 15.7 Å². The highest BCUT2D eigenvalue weighted by atomic mass is 32.1. The summed E-state index contributed by atoms with van der Waals surface area (Å²) in [5.41, 5.74) is 1.41. The molecule has 0 fully saturated rings. The van der Waals surface area contributed by atoms with Gasteiger partial charge in [0.05, 0.1) is 25.3 Å². The first-order valence-electron chi connectivity index (χ1n) is 7.50. The van der Waals surface area contributed by atoms with Crippen LogP contribution in [-0.4, -0.2) is 30.1 Å². The fourth-order valence-electron chi connectivity index (χ4n) is 2.00. The Labute approximate surface area is 144 Å². The van der Waals surface area contributed by atoms with Crippen LogP contribution >= 0.6 is 11.3 Å². The second-order valence-corrected chi connectivity index (χ2v) is 6.46. The number of carbonyl (C=O) groups excluding carboxylic acids is 2. The van der Waals surface area contributed by atoms with Gasteiger partial charge in [-0.3, -0.25) is 4.79 Å². The van der Waals surface area contributed by atoms with E-state index in [-0.39, 0.29) is 18.4 Å². The molecule has 1 aromatic heterocycles. The number of benzene rings is 1. The van der Waals surface area contributed by atoms with Gasteiger partial charge in [0, 0.05) is 0 Å². The SMILES string of the molecule is COc1ccc(CC(=O)Nc2nc(C)c(C(=O)OC(C)C)s2)cc1. The van der Waals surface area contributed by atoms with E-state index in [1.165, 1.54) is 0 Å². The zero-order valence-electron chi connectivity index (χ0n) is 14.1. The lowest BCUT2D eigenvalue weighted by Gasteiger charge is -2.05. The molecule has 0 aliphatic rings. The topological polar surface area (TPSA) is 77.5 Å². The van der Waals surface area contributed by atoms with Gasteiger partial charge in [0.25, 0.3) is 0 Å². The van der Waals surface area contributed by atoms with E-state index in [2.05, 4.69) is 10.3 Å². The summed E-state index contributed by atoms with van der Waals surface area (Å²) in [6.45, 7) is 5.28. The number of ether oxygens (including phenoxy) is 2. The maximum atomic E-state index is 12.1. The Morgan fingerprint density at radius 3 is 2.50 bits per heavy atom. The van der Waals surface area contributed by atoms with Crippen molar-refractivity contribution in [3.8, 4) is 5.75 Å². The summed E-state index contributed by atoms with van der Waals surface area (Å²) >= 11 is 1.12. The predicted molar refractivity (Wildman–Crippen MR) is 92.7 cm³/mol. The van der Waals surface area contributed by atoms with E-state index in [4.69, 9.17) is 9.47 Å². The molecule has 0 saturated carbocycles. The van der Waals surface area contributed by atoms with Crippen LogP contribution in [0.3, 0.4) is 0 Å². The van der Waals surface area contributed by atoms with Crippen molar-refractivity contribution in [3.63, 3.8) is 0 Å². The Bertz CT molecular complexity index is 723. The average molecular weight is 348 g/mol. The number of nitrogens with zero attached hydrogens (tertiary/aromatic N) is 1. The number of thiazole rings is 1. The normalized spacial score (nSPS) is 10.5. The highest BCUT2D eigenvalue weighted by Crippen LogP contribution is 2.24. The first-order valence-corrected chi connectivity index (χ1v) is 8.32. The minimum Gasteiger partial charge on any atom is -0.497 e. The molecule has 1 amide bonds. The second kappa shape index (κ2) is 7.92. The van der Waals surface area contributed by atoms with Crippen molar-refractivity contribution in [2.24, 2.45) is 0 Å². The Morgan fingerprint density at radius 2 is 1.92 bits per heavy atom. The van der Waals surface area contributed by atoms with Crippen LogP contribution in [0.15, 0.2) is 24.3 Å². The van der Waals surface area contributed by atoms with Crippen LogP contribution in [0.4, 0.5) is 5.13 Å². The average Bonchev–Trinajstić information content (AvgIpc) is 2.87. The molecule has 6 nitrogen and oxygen atoms in total. The fourth-order valence-corrected chi connectivity index (χ4v) is 2.86. The number of carbonyl (C=O) groups is 2. The zero-order valence-corrected chi connectivity index (χ0v) is 14.9. The number of methoxy groups -OCH3 is 1. The molecule has 0 spiro atoms. The molecule has 0 radical (unpaired) electrons. The van der Waals surface area contributed by atoms with Gasteiger partial charge in [0.1, 0.15) is 10.6 Å². The monoisotopic (exact) mass is 348 g/mol. The Morgan fingerprint density at radius 1 is 1.25 bits per heavy atom. The minimum atomic E-state index is -0.421. The van der Waals surface area contributed by atoms with Gasteiger partial charge < -0.3 is 14.8 Å². The van der Waals surface area contributed by atoms with Gasteiger partial charge in [-0.25, -0.2) is 9.78 Å². The lowest BCUT2D eigenvalue weighted by molar-refractivity contribution is -0.115. The highest BCUT2D eigenvalue weighted by Gasteiger charge is 2.18. The number of anilines is 1. The molecule has 1 aromatic carbocycles. The van der Waals surface area contributed by atoms with E-state index in [1.807, 2.05) is 12.1 Å². The van der Waals surface area contributed by atoms with Crippen molar-refractivity contribution in [1.29, 1.82) is 0 Å². The van der Waals surface area contributed by atoms with Crippen LogP contribution in [0.5, 0.6) is 5.75 Å². The molecule has 0 unspecified atom stereocenters. The summed E-state index contributed by atoms with van der Waals surface area (Å²) in [6.07, 6.45) is 0.0149. The van der Waals surface area contributed by atoms with E-state index in [9.17, 15) is 9.59 Å². The summed E-state index contributed by atoms with van der Waals surface area (Å²) in [4.78, 5) is 28.7. The number of hydrogen-bond donors (Lipinski definition) is 1. The van der Waals surface area contributed by atoms with Gasteiger partial charge in [0.15, 0.2) is 5.13 Å². The Balaban J connectivity index is 1.99. The van der Waals surface area contributed by atoms with Crippen molar-refractivity contribution >= 4 is 28.3 Å². The van der Waals surface area contributed by atoms with E-state index in [1.54, 1.807) is 40.0 Å². The third-order valence-electron chi connectivity index (χ3n) is 3.09. The molecule has 0 atom stereocenters. The van der Waals surface area contributed by atoms with Crippen molar-refractivity contribution in [2.75, 3.05) is 12.4 Å². The van der Waals surface area contributed by atoms with Gasteiger partial charge in [-0.15, -0.1) is 0 Å². The standard InChI is InChI=1S/C17H20N2O4S/c1-10(2)23-16(21)15-11(3)18-17(24-15)19-14(20)9-12-5-7-13(22-4)8-6-12/h5-8,10H,9H2,1-4H3,(H,18,19,20). The Hall–Kier alpha value is -2.41. The molecular weight excluding hydrogens is 328 g/mol. The Kier molecular flexibility index (Phi) is 5.92. The molecule has 0 aliphatic heterocycles. The van der Waals surface area contributed by atoms with Gasteiger partial charge >= 0.3 is 5.97 Å². The maximum Gasteiger partial charge on any atom is 0.350 e. The van der Waals surface area contributed by atoms with Gasteiger partial charge in [-0.2, -0.15) is 0 Å². The maximum absolute atomic E-state index is 12.1. The lowest BCUT2D eigenvalue weighted by atomic mass is 10.1. The number of nitrogens with one attached hydrogen (secondary N) is 1. The van der Waals surface area contributed by atoms with Crippen LogP contribution in [-0.2, 0) is 16.0 Å². The quantitative estimate of drug-likeness (QED) is 0.811. The van der Waals surface area contributed by atoms with Gasteiger partial charge in [0.2, 0.25) is 5.91 Å². The first-order chi connectivity index (χ1) is 11.4. The predicted octanol–water partition coefficient (Wildman–Crippen LogP) is 3.21. The molecule has 2 rings (SSSR count). The van der Waals surface area contributed by atoms with Gasteiger partial charge in [-0.05, 0) is 38.5 Å². The summed E-state index contributed by atoms with van der Waals surface area (Å²) in [6, 6.07) is 7.26. The lowest BCUT2D eigenvalue weighted by Crippen LogP contribution is -2.14. The highest BCUT2D eigenvalue weighted by molar-refractivity contribution is 7.17. The number of aromatic nitrogens is 1. The van der Waals surface area contributed by atoms with Crippen LogP contribution in [0, 0.1) is 6.92 Å². The number of amides is 1. The summed E-state index contributed by atoms with van der Waals surface area (Å²) < 4.78 is 10.2. The van der Waals surface area contributed by atoms with Crippen LogP contribution in [0.2, 0.25) is 0 Å². The number of hydrogen-bond acceptors (Lipinski definition) is 6. The second-order valence-electron chi connectivity index (χ2n) is 5.46. The van der Waals surface area contributed by atoms with Crippen LogP contribution in [0.25, 0.3) is 0 Å². The van der Waals surface area contributed by atoms with Crippen molar-refractivity contribution in [1.82, 2.24) is 4.98 Å². The molecule has 128 valence electrons. The minimum absolute atomic E-state index is 0.197. The van der Waals surface area contributed by atoms with E-state index < -0.39 is 5.97 Å². The van der Waals surface area contributed by atoms with Crippen molar-refractivity contribution < 1.29 is 19.1 Å². The molecular formula is C17H20N2O4S. The molecule has 1 heterocycles. The van der Waals surface area contributed by atoms with E-state index in [0.717, 1.165) is 22.6 Å². The summed E-state index contributed by atoms with van der Waals surface area (Å²) in [7, 11) is 1.59. The first kappa shape index (κ1) is 17.9. The number of esters is 1. The molecule has 7 heteroatoms. The smallest absolute Gasteiger partial charge is 0.350 e. The van der Waals surface area contributed by atoms with Crippen molar-refractivity contribution in [3.05, 3.63) is 40.4 Å². The zero-order chi connectivity index (χ0) is 17.7. The summed E-state index contributed by atoms with van der Waals surface area (Å²) in [5.74, 6) is 0.122. The molecule has 0 aliphatic carbocycles. The summed E-state index contributed by atoms with van der Waals surface area (Å²) in [5, 5.41) is 3.11. The van der Waals surface area contributed by atoms with Crippen LogP contribution < -0.4 is 10.1 Å². The van der Waals surface area contributed by atoms with Crippen molar-refractivity contribution in [2.45, 2.75) is 33.3 Å². The van der Waals surface area contributed by atoms with Gasteiger partial charge in [-0.1, -0.05) is 23.5 Å². The molecule has 0 bridgehead atoms. The van der Waals surface area contributed by atoms with E-state index >= 15 is 0 Å². The fraction of sp³-hybridized carbons (Fsp3) is 0.353. The van der Waals surface area contributed by atoms with Crippen LogP contribution in [0.1, 0.15) is 34.8 Å². The third-order valence-corrected chi connectivity index (χ3v) is 4.15.